The molecule has 2 N–H and O–H groups in total. The first-order valence-corrected chi connectivity index (χ1v) is 7.39. The predicted molar refractivity (Wildman–Crippen MR) is 94.4 cm³/mol. The van der Waals surface area contributed by atoms with E-state index in [1.165, 1.54) is 7.11 Å². The van der Waals surface area contributed by atoms with E-state index in [1.54, 1.807) is 30.5 Å². The Morgan fingerprint density at radius 1 is 1.17 bits per heavy atom. The number of hydrogen-bond donors (Lipinski definition) is 2. The van der Waals surface area contributed by atoms with Gasteiger partial charge in [0.05, 0.1) is 18.9 Å². The number of hydrogen-bond acceptors (Lipinski definition) is 4. The molecule has 0 bridgehead atoms. The molecular weight excluding hydrogens is 310 g/mol. The molecule has 0 unspecified atom stereocenters. The van der Waals surface area contributed by atoms with E-state index in [1.807, 2.05) is 30.3 Å². The predicted octanol–water partition coefficient (Wildman–Crippen LogP) is 2.47. The maximum Gasteiger partial charge on any atom is 0.337 e. The van der Waals surface area contributed by atoms with Gasteiger partial charge in [-0.05, 0) is 35.5 Å². The number of rotatable bonds is 5. The summed E-state index contributed by atoms with van der Waals surface area (Å²) >= 11 is 5.14. The van der Waals surface area contributed by atoms with Crippen LogP contribution in [0.2, 0.25) is 0 Å². The van der Waals surface area contributed by atoms with Gasteiger partial charge in [0.15, 0.2) is 5.11 Å². The van der Waals surface area contributed by atoms with E-state index >= 15 is 0 Å². The summed E-state index contributed by atoms with van der Waals surface area (Å²) in [6, 6.07) is 16.9. The van der Waals surface area contributed by atoms with Crippen LogP contribution in [0, 0.1) is 0 Å². The highest BCUT2D eigenvalue weighted by molar-refractivity contribution is 7.80. The van der Waals surface area contributed by atoms with Crippen LogP contribution in [0.15, 0.2) is 59.7 Å². The maximum atomic E-state index is 11.3. The number of methoxy groups -OCH3 is 1. The molecule has 0 aliphatic rings. The highest BCUT2D eigenvalue weighted by Gasteiger charge is 2.03. The molecule has 0 heterocycles. The van der Waals surface area contributed by atoms with Crippen LogP contribution < -0.4 is 10.7 Å². The van der Waals surface area contributed by atoms with Crippen LogP contribution in [0.5, 0.6) is 0 Å². The molecule has 2 rings (SSSR count). The van der Waals surface area contributed by atoms with Gasteiger partial charge in [-0.15, -0.1) is 0 Å². The van der Waals surface area contributed by atoms with Gasteiger partial charge in [0, 0.05) is 6.54 Å². The third kappa shape index (κ3) is 5.52. The standard InChI is InChI=1S/C17H17N3O2S/c1-22-16(21)15-9-7-14(8-10-15)12-19-20-17(23)18-11-13-5-3-2-4-6-13/h2-10,12H,11H2,1H3,(H2,18,20,23). The van der Waals surface area contributed by atoms with Crippen LogP contribution in [-0.4, -0.2) is 24.4 Å². The van der Waals surface area contributed by atoms with Crippen LogP contribution in [0.4, 0.5) is 0 Å². The summed E-state index contributed by atoms with van der Waals surface area (Å²) in [5, 5.41) is 7.56. The van der Waals surface area contributed by atoms with Gasteiger partial charge in [-0.3, -0.25) is 5.43 Å². The minimum Gasteiger partial charge on any atom is -0.465 e. The molecule has 0 spiro atoms. The fraction of sp³-hybridized carbons (Fsp3) is 0.118. The molecule has 118 valence electrons. The lowest BCUT2D eigenvalue weighted by atomic mass is 10.1. The minimum absolute atomic E-state index is 0.363. The number of benzene rings is 2. The summed E-state index contributed by atoms with van der Waals surface area (Å²) in [5.74, 6) is -0.363. The molecule has 0 aliphatic heterocycles. The first-order chi connectivity index (χ1) is 11.2. The number of nitrogens with one attached hydrogen (secondary N) is 2. The van der Waals surface area contributed by atoms with Crippen molar-refractivity contribution < 1.29 is 9.53 Å². The third-order valence-corrected chi connectivity index (χ3v) is 3.24. The Morgan fingerprint density at radius 3 is 2.52 bits per heavy atom. The molecule has 0 fully saturated rings. The number of hydrazone groups is 1. The number of esters is 1. The molecule has 2 aromatic rings. The molecule has 6 heteroatoms. The lowest BCUT2D eigenvalue weighted by molar-refractivity contribution is 0.0600. The van der Waals surface area contributed by atoms with Crippen LogP contribution in [0.3, 0.4) is 0 Å². The van der Waals surface area contributed by atoms with Crippen LogP contribution in [0.1, 0.15) is 21.5 Å². The lowest BCUT2D eigenvalue weighted by Gasteiger charge is -2.06. The Hall–Kier alpha value is -2.73. The molecule has 23 heavy (non-hydrogen) atoms. The first kappa shape index (κ1) is 16.6. The molecule has 2 aromatic carbocycles. The van der Waals surface area contributed by atoms with E-state index in [4.69, 9.17) is 12.2 Å². The van der Waals surface area contributed by atoms with Gasteiger partial charge in [-0.1, -0.05) is 42.5 Å². The summed E-state index contributed by atoms with van der Waals surface area (Å²) in [6.45, 7) is 0.635. The molecule has 0 atom stereocenters. The second-order valence-corrected chi connectivity index (χ2v) is 5.06. The zero-order valence-electron chi connectivity index (χ0n) is 12.7. The van der Waals surface area contributed by atoms with Crippen molar-refractivity contribution >= 4 is 29.5 Å². The highest BCUT2D eigenvalue weighted by Crippen LogP contribution is 2.03. The third-order valence-electron chi connectivity index (χ3n) is 3.01. The summed E-state index contributed by atoms with van der Waals surface area (Å²) < 4.78 is 4.64. The van der Waals surface area contributed by atoms with Crippen molar-refractivity contribution in [2.24, 2.45) is 5.10 Å². The minimum atomic E-state index is -0.363. The molecule has 0 amide bonds. The van der Waals surface area contributed by atoms with Crippen molar-refractivity contribution in [3.8, 4) is 0 Å². The Labute approximate surface area is 140 Å². The number of carbonyl (C=O) groups is 1. The van der Waals surface area contributed by atoms with E-state index < -0.39 is 0 Å². The van der Waals surface area contributed by atoms with Crippen molar-refractivity contribution in [2.45, 2.75) is 6.54 Å². The first-order valence-electron chi connectivity index (χ1n) is 6.98. The summed E-state index contributed by atoms with van der Waals surface area (Å²) in [6.07, 6.45) is 1.62. The fourth-order valence-corrected chi connectivity index (χ4v) is 1.93. The van der Waals surface area contributed by atoms with E-state index in [0.29, 0.717) is 17.2 Å². The molecule has 0 saturated carbocycles. The average Bonchev–Trinajstić information content (AvgIpc) is 2.61. The molecule has 0 radical (unpaired) electrons. The number of thiocarbonyl (C=S) groups is 1. The highest BCUT2D eigenvalue weighted by atomic mass is 32.1. The van der Waals surface area contributed by atoms with E-state index in [-0.39, 0.29) is 5.97 Å². The van der Waals surface area contributed by atoms with Gasteiger partial charge in [-0.25, -0.2) is 4.79 Å². The van der Waals surface area contributed by atoms with Gasteiger partial charge in [0.25, 0.3) is 0 Å². The van der Waals surface area contributed by atoms with Crippen LogP contribution in [-0.2, 0) is 11.3 Å². The van der Waals surface area contributed by atoms with Crippen LogP contribution >= 0.6 is 12.2 Å². The van der Waals surface area contributed by atoms with Crippen molar-refractivity contribution in [2.75, 3.05) is 7.11 Å². The van der Waals surface area contributed by atoms with Crippen molar-refractivity contribution in [3.05, 3.63) is 71.3 Å². The SMILES string of the molecule is COC(=O)c1ccc(C=NNC(=S)NCc2ccccc2)cc1. The smallest absolute Gasteiger partial charge is 0.337 e. The molecule has 0 aromatic heterocycles. The zero-order valence-corrected chi connectivity index (χ0v) is 13.5. The fourth-order valence-electron chi connectivity index (χ4n) is 1.81. The molecular formula is C17H17N3O2S. The normalized spacial score (nSPS) is 10.3. The van der Waals surface area contributed by atoms with Gasteiger partial charge in [0.1, 0.15) is 0 Å². The number of carbonyl (C=O) groups excluding carboxylic acids is 1. The van der Waals surface area contributed by atoms with Crippen molar-refractivity contribution in [1.82, 2.24) is 10.7 Å². The molecule has 5 nitrogen and oxygen atoms in total. The average molecular weight is 327 g/mol. The van der Waals surface area contributed by atoms with Crippen molar-refractivity contribution in [1.29, 1.82) is 0 Å². The van der Waals surface area contributed by atoms with Crippen molar-refractivity contribution in [3.63, 3.8) is 0 Å². The van der Waals surface area contributed by atoms with E-state index in [9.17, 15) is 4.79 Å². The Bertz CT molecular complexity index is 685. The largest absolute Gasteiger partial charge is 0.465 e. The lowest BCUT2D eigenvalue weighted by Crippen LogP contribution is -2.31. The maximum absolute atomic E-state index is 11.3. The Morgan fingerprint density at radius 2 is 1.87 bits per heavy atom. The van der Waals surface area contributed by atoms with Gasteiger partial charge < -0.3 is 10.1 Å². The Balaban J connectivity index is 1.79. The van der Waals surface area contributed by atoms with Crippen LogP contribution in [0.25, 0.3) is 0 Å². The quantitative estimate of drug-likeness (QED) is 0.382. The molecule has 0 aliphatic carbocycles. The van der Waals surface area contributed by atoms with Gasteiger partial charge >= 0.3 is 5.97 Å². The number of nitrogens with zero attached hydrogens (tertiary/aromatic N) is 1. The van der Waals surface area contributed by atoms with Gasteiger partial charge in [-0.2, -0.15) is 5.10 Å². The van der Waals surface area contributed by atoms with E-state index in [2.05, 4.69) is 20.6 Å². The molecule has 0 saturated heterocycles. The number of ether oxygens (including phenoxy) is 1. The second kappa shape index (κ2) is 8.65. The monoisotopic (exact) mass is 327 g/mol. The topological polar surface area (TPSA) is 62.7 Å². The zero-order chi connectivity index (χ0) is 16.5. The second-order valence-electron chi connectivity index (χ2n) is 4.65. The van der Waals surface area contributed by atoms with E-state index in [0.717, 1.165) is 11.1 Å². The summed E-state index contributed by atoms with van der Waals surface area (Å²) in [7, 11) is 1.35. The summed E-state index contributed by atoms with van der Waals surface area (Å²) in [5.41, 5.74) is 5.23. The summed E-state index contributed by atoms with van der Waals surface area (Å²) in [4.78, 5) is 11.3. The Kier molecular flexibility index (Phi) is 6.26. The van der Waals surface area contributed by atoms with Gasteiger partial charge in [0.2, 0.25) is 0 Å².